The first-order valence-corrected chi connectivity index (χ1v) is 13.0. The lowest BCUT2D eigenvalue weighted by Gasteiger charge is -2.17. The van der Waals surface area contributed by atoms with Crippen LogP contribution < -0.4 is 20.1 Å². The van der Waals surface area contributed by atoms with Crippen molar-refractivity contribution >= 4 is 46.4 Å². The van der Waals surface area contributed by atoms with Crippen molar-refractivity contribution in [2.24, 2.45) is 4.99 Å². The summed E-state index contributed by atoms with van der Waals surface area (Å²) in [5.41, 5.74) is 1.82. The molecule has 2 amide bonds. The summed E-state index contributed by atoms with van der Waals surface area (Å²) >= 11 is 12.8. The van der Waals surface area contributed by atoms with E-state index in [9.17, 15) is 14.0 Å². The molecule has 0 fully saturated rings. The van der Waals surface area contributed by atoms with Gasteiger partial charge in [0.15, 0.2) is 0 Å². The summed E-state index contributed by atoms with van der Waals surface area (Å²) in [6.07, 6.45) is 3.91. The highest BCUT2D eigenvalue weighted by Gasteiger charge is 2.31. The molecule has 41 heavy (non-hydrogen) atoms. The third-order valence-electron chi connectivity index (χ3n) is 5.81. The number of pyridine rings is 1. The van der Waals surface area contributed by atoms with Gasteiger partial charge in [-0.25, -0.2) is 14.4 Å². The van der Waals surface area contributed by atoms with Gasteiger partial charge >= 0.3 is 0 Å². The number of nitrogens with zero attached hydrogens (tertiary/aromatic N) is 4. The van der Waals surface area contributed by atoms with E-state index < -0.39 is 23.8 Å². The van der Waals surface area contributed by atoms with E-state index in [0.717, 1.165) is 12.3 Å². The lowest BCUT2D eigenvalue weighted by atomic mass is 9.99. The number of fused-ring (bicyclic) bond motifs is 1. The van der Waals surface area contributed by atoms with Crippen molar-refractivity contribution in [1.82, 2.24) is 20.3 Å². The highest BCUT2D eigenvalue weighted by Crippen LogP contribution is 2.36. The first kappa shape index (κ1) is 27.9. The molecule has 3 heterocycles. The average Bonchev–Trinajstić information content (AvgIpc) is 3.08. The van der Waals surface area contributed by atoms with Crippen LogP contribution in [0.15, 0.2) is 72.2 Å². The number of nitrogens with one attached hydrogen (secondary N) is 2. The molecular weight excluding hydrogens is 574 g/mol. The predicted molar refractivity (Wildman–Crippen MR) is 150 cm³/mol. The number of para-hydroxylation sites is 1. The van der Waals surface area contributed by atoms with Crippen molar-refractivity contribution in [3.8, 4) is 11.6 Å². The molecule has 2 N–H and O–H groups in total. The van der Waals surface area contributed by atoms with Crippen LogP contribution in [0.25, 0.3) is 0 Å². The number of benzene rings is 2. The summed E-state index contributed by atoms with van der Waals surface area (Å²) in [5.74, 6) is -2.11. The third kappa shape index (κ3) is 6.26. The van der Waals surface area contributed by atoms with E-state index in [2.05, 4.69) is 30.6 Å². The minimum Gasteiger partial charge on any atom is -0.493 e. The van der Waals surface area contributed by atoms with Crippen LogP contribution >= 0.6 is 23.2 Å². The SMILES string of the molecule is CCOc1cc(Cl)cc(Cl)c1C1=N[C@H](NC(=O)c2cc(F)cnc2OCc2cnccn2)C(=O)Nc2ccccc21. The Labute approximate surface area is 243 Å². The molecule has 13 heteroatoms. The number of carbonyl (C=O) groups is 2. The van der Waals surface area contributed by atoms with Gasteiger partial charge in [-0.05, 0) is 31.2 Å². The number of benzodiazepines with no additional fused rings is 1. The van der Waals surface area contributed by atoms with Crippen LogP contribution in [0.5, 0.6) is 11.6 Å². The molecule has 1 atom stereocenters. The van der Waals surface area contributed by atoms with Crippen LogP contribution in [0.4, 0.5) is 10.1 Å². The summed E-state index contributed by atoms with van der Waals surface area (Å²) in [6, 6.07) is 11.0. The minimum atomic E-state index is -1.46. The maximum absolute atomic E-state index is 14.2. The summed E-state index contributed by atoms with van der Waals surface area (Å²) in [4.78, 5) is 43.2. The van der Waals surface area contributed by atoms with Crippen LogP contribution in [-0.4, -0.2) is 45.3 Å². The Kier molecular flexibility index (Phi) is 8.37. The van der Waals surface area contributed by atoms with Crippen molar-refractivity contribution in [1.29, 1.82) is 0 Å². The number of anilines is 1. The highest BCUT2D eigenvalue weighted by molar-refractivity contribution is 6.39. The predicted octanol–water partition coefficient (Wildman–Crippen LogP) is 4.84. The largest absolute Gasteiger partial charge is 0.493 e. The van der Waals surface area contributed by atoms with Crippen molar-refractivity contribution in [2.75, 3.05) is 11.9 Å². The molecule has 0 aliphatic carbocycles. The van der Waals surface area contributed by atoms with Crippen molar-refractivity contribution < 1.29 is 23.5 Å². The zero-order chi connectivity index (χ0) is 28.9. The van der Waals surface area contributed by atoms with E-state index in [1.54, 1.807) is 37.3 Å². The van der Waals surface area contributed by atoms with Crippen LogP contribution in [-0.2, 0) is 11.4 Å². The molecule has 5 rings (SSSR count). The molecule has 2 aromatic carbocycles. The van der Waals surface area contributed by atoms with Crippen LogP contribution in [0.3, 0.4) is 0 Å². The number of aromatic nitrogens is 3. The number of rotatable bonds is 8. The van der Waals surface area contributed by atoms with Gasteiger partial charge < -0.3 is 20.1 Å². The maximum atomic E-state index is 14.2. The highest BCUT2D eigenvalue weighted by atomic mass is 35.5. The number of amides is 2. The van der Waals surface area contributed by atoms with Gasteiger partial charge in [0.2, 0.25) is 12.0 Å². The summed E-state index contributed by atoms with van der Waals surface area (Å²) in [5, 5.41) is 5.88. The lowest BCUT2D eigenvalue weighted by Crippen LogP contribution is -2.42. The standard InChI is InChI=1S/C28H21Cl2FN6O4/c1-2-40-22-10-15(29)9-20(30)23(22)24-18-5-3-4-6-21(18)35-27(39)25(36-24)37-26(38)19-11-16(31)12-34-28(19)41-14-17-13-32-7-8-33-17/h3-13,25H,2,14H2,1H3,(H,35,39)(H,37,38)/t25-/m1/s1. The van der Waals surface area contributed by atoms with E-state index in [0.29, 0.717) is 39.9 Å². The van der Waals surface area contributed by atoms with Crippen molar-refractivity contribution in [3.63, 3.8) is 0 Å². The van der Waals surface area contributed by atoms with E-state index in [1.807, 2.05) is 0 Å². The van der Waals surface area contributed by atoms with Gasteiger partial charge in [0.25, 0.3) is 11.8 Å². The zero-order valence-electron chi connectivity index (χ0n) is 21.4. The number of carbonyl (C=O) groups excluding carboxylic acids is 2. The van der Waals surface area contributed by atoms with Gasteiger partial charge in [0, 0.05) is 23.0 Å². The van der Waals surface area contributed by atoms with Gasteiger partial charge in [-0.2, -0.15) is 0 Å². The summed E-state index contributed by atoms with van der Waals surface area (Å²) < 4.78 is 25.6. The topological polar surface area (TPSA) is 128 Å². The molecule has 10 nitrogen and oxygen atoms in total. The fourth-order valence-electron chi connectivity index (χ4n) is 4.06. The van der Waals surface area contributed by atoms with Crippen molar-refractivity contribution in [2.45, 2.75) is 19.7 Å². The number of halogens is 3. The average molecular weight is 595 g/mol. The molecule has 4 aromatic rings. The number of hydrogen-bond acceptors (Lipinski definition) is 8. The Morgan fingerprint density at radius 3 is 2.71 bits per heavy atom. The maximum Gasteiger partial charge on any atom is 0.269 e. The number of ether oxygens (including phenoxy) is 2. The van der Waals surface area contributed by atoms with Crippen LogP contribution in [0, 0.1) is 5.82 Å². The van der Waals surface area contributed by atoms with Gasteiger partial charge in [-0.3, -0.25) is 19.6 Å². The second-order valence-corrected chi connectivity index (χ2v) is 9.42. The van der Waals surface area contributed by atoms with Gasteiger partial charge in [0.05, 0.1) is 46.7 Å². The van der Waals surface area contributed by atoms with Gasteiger partial charge in [-0.1, -0.05) is 41.4 Å². The molecule has 0 unspecified atom stereocenters. The molecule has 0 saturated carbocycles. The Morgan fingerprint density at radius 1 is 1.10 bits per heavy atom. The minimum absolute atomic E-state index is 0.0798. The summed E-state index contributed by atoms with van der Waals surface area (Å²) in [7, 11) is 0. The second kappa shape index (κ2) is 12.3. The quantitative estimate of drug-likeness (QED) is 0.299. The third-order valence-corrected chi connectivity index (χ3v) is 6.32. The fourth-order valence-corrected chi connectivity index (χ4v) is 4.62. The lowest BCUT2D eigenvalue weighted by molar-refractivity contribution is -0.117. The van der Waals surface area contributed by atoms with E-state index in [4.69, 9.17) is 32.7 Å². The smallest absolute Gasteiger partial charge is 0.269 e. The first-order valence-electron chi connectivity index (χ1n) is 12.3. The molecule has 0 spiro atoms. The van der Waals surface area contributed by atoms with E-state index in [1.165, 1.54) is 24.7 Å². The Hall–Kier alpha value is -4.61. The first-order chi connectivity index (χ1) is 19.8. The number of aliphatic imine (C=N–C) groups is 1. The Bertz CT molecular complexity index is 1650. The van der Waals surface area contributed by atoms with Gasteiger partial charge in [0.1, 0.15) is 23.7 Å². The molecule has 2 aromatic heterocycles. The normalized spacial score (nSPS) is 14.3. The van der Waals surface area contributed by atoms with E-state index >= 15 is 0 Å². The monoisotopic (exact) mass is 594 g/mol. The molecule has 0 saturated heterocycles. The summed E-state index contributed by atoms with van der Waals surface area (Å²) in [6.45, 7) is 2.02. The molecule has 1 aliphatic rings. The molecule has 0 radical (unpaired) electrons. The Morgan fingerprint density at radius 2 is 1.93 bits per heavy atom. The fraction of sp³-hybridized carbons (Fsp3) is 0.143. The molecular formula is C28H21Cl2FN6O4. The molecule has 1 aliphatic heterocycles. The van der Waals surface area contributed by atoms with Crippen LogP contribution in [0.1, 0.15) is 34.1 Å². The van der Waals surface area contributed by atoms with Crippen LogP contribution in [0.2, 0.25) is 10.0 Å². The molecule has 208 valence electrons. The zero-order valence-corrected chi connectivity index (χ0v) is 22.9. The van der Waals surface area contributed by atoms with E-state index in [-0.39, 0.29) is 28.8 Å². The number of hydrogen-bond donors (Lipinski definition) is 2. The van der Waals surface area contributed by atoms with Crippen molar-refractivity contribution in [3.05, 3.63) is 105 Å². The second-order valence-electron chi connectivity index (χ2n) is 8.57. The Balaban J connectivity index is 1.53. The van der Waals surface area contributed by atoms with Gasteiger partial charge in [-0.15, -0.1) is 0 Å². The molecule has 0 bridgehead atoms.